The first-order valence-electron chi connectivity index (χ1n) is 12.0. The lowest BCUT2D eigenvalue weighted by molar-refractivity contribution is 0.102. The molecule has 0 aliphatic carbocycles. The lowest BCUT2D eigenvalue weighted by Crippen LogP contribution is -2.42. The van der Waals surface area contributed by atoms with Crippen LogP contribution in [0.3, 0.4) is 0 Å². The van der Waals surface area contributed by atoms with Crippen molar-refractivity contribution in [1.82, 2.24) is 14.8 Å². The van der Waals surface area contributed by atoms with Gasteiger partial charge in [0.05, 0.1) is 11.6 Å². The number of aromatic nitrogens is 3. The molecule has 12 heteroatoms. The van der Waals surface area contributed by atoms with E-state index in [2.05, 4.69) is 59.5 Å². The van der Waals surface area contributed by atoms with Gasteiger partial charge in [0.2, 0.25) is 0 Å². The first kappa shape index (κ1) is 28.8. The van der Waals surface area contributed by atoms with Crippen molar-refractivity contribution in [1.29, 1.82) is 0 Å². The van der Waals surface area contributed by atoms with Gasteiger partial charge in [-0.1, -0.05) is 37.4 Å². The number of amides is 2. The first-order chi connectivity index (χ1) is 17.8. The second kappa shape index (κ2) is 11.8. The van der Waals surface area contributed by atoms with Crippen LogP contribution in [0.1, 0.15) is 41.6 Å². The number of nitrogens with zero attached hydrogens (tertiary/aromatic N) is 5. The fourth-order valence-electron chi connectivity index (χ4n) is 3.18. The van der Waals surface area contributed by atoms with Crippen molar-refractivity contribution >= 4 is 48.9 Å². The summed E-state index contributed by atoms with van der Waals surface area (Å²) in [5.41, 5.74) is 1.55. The molecule has 0 fully saturated rings. The molecule has 2 aromatic heterocycles. The van der Waals surface area contributed by atoms with E-state index in [0.29, 0.717) is 29.5 Å². The predicted molar refractivity (Wildman–Crippen MR) is 152 cm³/mol. The lowest BCUT2D eigenvalue weighted by Gasteiger charge is -2.36. The van der Waals surface area contributed by atoms with Crippen LogP contribution in [0.5, 0.6) is 0 Å². The zero-order chi connectivity index (χ0) is 28.1. The molecule has 3 aromatic rings. The smallest absolute Gasteiger partial charge is 0.275 e. The minimum absolute atomic E-state index is 0.0967. The van der Waals surface area contributed by atoms with Crippen molar-refractivity contribution in [2.45, 2.75) is 38.9 Å². The number of benzene rings is 1. The van der Waals surface area contributed by atoms with Crippen molar-refractivity contribution in [2.24, 2.45) is 7.05 Å². The van der Waals surface area contributed by atoms with Gasteiger partial charge < -0.3 is 15.1 Å². The minimum atomic E-state index is -1.90. The number of hydrogen-bond acceptors (Lipinski definition) is 6. The third kappa shape index (κ3) is 7.19. The highest BCUT2D eigenvalue weighted by atomic mass is 35.5. The van der Waals surface area contributed by atoms with Gasteiger partial charge in [0.15, 0.2) is 14.1 Å². The average Bonchev–Trinajstić information content (AvgIpc) is 3.22. The van der Waals surface area contributed by atoms with E-state index < -0.39 is 20.1 Å². The zero-order valence-electron chi connectivity index (χ0n) is 22.4. The summed E-state index contributed by atoms with van der Waals surface area (Å²) in [6.07, 6.45) is 2.88. The third-order valence-electron chi connectivity index (χ3n) is 6.38. The van der Waals surface area contributed by atoms with Gasteiger partial charge in [-0.3, -0.25) is 14.3 Å². The van der Waals surface area contributed by atoms with Gasteiger partial charge in [-0.05, 0) is 54.5 Å². The maximum Gasteiger partial charge on any atom is 0.275 e. The monoisotopic (exact) mass is 553 g/mol. The number of pyridine rings is 1. The van der Waals surface area contributed by atoms with Crippen molar-refractivity contribution < 1.29 is 14.0 Å². The number of carbonyl (C=O) groups is 2. The summed E-state index contributed by atoms with van der Waals surface area (Å²) >= 11 is 5.83. The van der Waals surface area contributed by atoms with Gasteiger partial charge in [-0.15, -0.1) is 0 Å². The van der Waals surface area contributed by atoms with E-state index in [-0.39, 0.29) is 22.1 Å². The first-order valence-corrected chi connectivity index (χ1v) is 15.3. The summed E-state index contributed by atoms with van der Waals surface area (Å²) < 4.78 is 7.63. The normalized spacial score (nSPS) is 11.5. The Labute approximate surface area is 228 Å². The second-order valence-corrected chi connectivity index (χ2v) is 15.5. The van der Waals surface area contributed by atoms with Crippen molar-refractivity contribution in [3.8, 4) is 0 Å². The molecule has 2 heterocycles. The maximum atomic E-state index is 13.0. The molecule has 0 bridgehead atoms. The molecule has 0 spiro atoms. The van der Waals surface area contributed by atoms with E-state index in [1.807, 2.05) is 0 Å². The Bertz CT molecular complexity index is 1330. The summed E-state index contributed by atoms with van der Waals surface area (Å²) in [5.74, 6) is -0.866. The fourth-order valence-corrected chi connectivity index (χ4v) is 4.33. The Morgan fingerprint density at radius 2 is 1.82 bits per heavy atom. The Balaban J connectivity index is 1.64. The molecular formula is C26H32ClN7O3Si. The van der Waals surface area contributed by atoms with Crippen LogP contribution in [-0.4, -0.2) is 48.0 Å². The summed E-state index contributed by atoms with van der Waals surface area (Å²) in [6, 6.07) is 9.98. The van der Waals surface area contributed by atoms with Gasteiger partial charge in [-0.25, -0.2) is 4.98 Å². The molecule has 0 aliphatic rings. The number of nitrogens with one attached hydrogen (secondary N) is 2. The molecule has 0 unspecified atom stereocenters. The largest absolute Gasteiger partial charge is 0.415 e. The molecule has 0 radical (unpaired) electrons. The predicted octanol–water partition coefficient (Wildman–Crippen LogP) is 5.64. The van der Waals surface area contributed by atoms with Crippen molar-refractivity contribution in [3.05, 3.63) is 76.6 Å². The van der Waals surface area contributed by atoms with Gasteiger partial charge in [-0.2, -0.15) is 16.6 Å². The SMILES string of the molecule is [C-]#[N+]N(CCO[Si](C)(C)C(C)(C)C)c1ccc(NC(=O)c2cn(C)nc2NC(=O)c2ccc(Cl)cn2)cc1. The Morgan fingerprint density at radius 1 is 1.13 bits per heavy atom. The molecule has 3 rings (SSSR count). The van der Waals surface area contributed by atoms with Gasteiger partial charge >= 0.3 is 0 Å². The van der Waals surface area contributed by atoms with Crippen molar-refractivity contribution in [2.75, 3.05) is 28.8 Å². The molecule has 38 heavy (non-hydrogen) atoms. The highest BCUT2D eigenvalue weighted by molar-refractivity contribution is 6.74. The van der Waals surface area contributed by atoms with E-state index in [0.717, 1.165) is 0 Å². The molecular weight excluding hydrogens is 522 g/mol. The maximum absolute atomic E-state index is 13.0. The van der Waals surface area contributed by atoms with E-state index in [4.69, 9.17) is 22.6 Å². The Morgan fingerprint density at radius 3 is 2.39 bits per heavy atom. The van der Waals surface area contributed by atoms with Gasteiger partial charge in [0, 0.05) is 25.1 Å². The molecule has 2 N–H and O–H groups in total. The summed E-state index contributed by atoms with van der Waals surface area (Å²) in [5, 5.41) is 11.7. The van der Waals surface area contributed by atoms with Crippen LogP contribution in [-0.2, 0) is 11.5 Å². The van der Waals surface area contributed by atoms with Crippen LogP contribution in [0.4, 0.5) is 17.2 Å². The standard InChI is InChI=1S/C26H32ClN7O3Si/c1-26(2,3)38(6,7)37-15-14-34(28-4)20-11-9-19(10-12-20)30-24(35)21-17-33(5)32-23(21)31-25(36)22-13-8-18(27)16-29-22/h8-13,16-17H,14-15H2,1-3,5-7H3,(H,30,35)(H,31,32,36). The van der Waals surface area contributed by atoms with Crippen LogP contribution in [0.25, 0.3) is 4.95 Å². The topological polar surface area (TPSA) is 106 Å². The Kier molecular flexibility index (Phi) is 8.93. The van der Waals surface area contributed by atoms with Crippen LogP contribution in [0, 0.1) is 6.57 Å². The summed E-state index contributed by atoms with van der Waals surface area (Å²) in [7, 11) is -0.251. The molecule has 1 aromatic carbocycles. The molecule has 0 aliphatic heterocycles. The minimum Gasteiger partial charge on any atom is -0.415 e. The molecule has 0 saturated carbocycles. The summed E-state index contributed by atoms with van der Waals surface area (Å²) in [4.78, 5) is 33.1. The number of hydrogen-bond donors (Lipinski definition) is 2. The number of aryl methyl sites for hydroxylation is 1. The number of halogens is 1. The molecule has 2 amide bonds. The van der Waals surface area contributed by atoms with Crippen LogP contribution in [0.15, 0.2) is 48.8 Å². The average molecular weight is 554 g/mol. The van der Waals surface area contributed by atoms with E-state index in [1.54, 1.807) is 37.4 Å². The highest BCUT2D eigenvalue weighted by Gasteiger charge is 2.37. The van der Waals surface area contributed by atoms with E-state index in [9.17, 15) is 9.59 Å². The number of carbonyl (C=O) groups excluding carboxylic acids is 2. The lowest BCUT2D eigenvalue weighted by atomic mass is 10.2. The molecule has 0 saturated heterocycles. The molecule has 10 nitrogen and oxygen atoms in total. The van der Waals surface area contributed by atoms with Crippen molar-refractivity contribution in [3.63, 3.8) is 0 Å². The molecule has 200 valence electrons. The van der Waals surface area contributed by atoms with Crippen LogP contribution in [0.2, 0.25) is 23.2 Å². The quantitative estimate of drug-likeness (QED) is 0.202. The molecule has 0 atom stereocenters. The van der Waals surface area contributed by atoms with Gasteiger partial charge in [0.1, 0.15) is 23.5 Å². The van der Waals surface area contributed by atoms with E-state index in [1.165, 1.54) is 28.2 Å². The number of anilines is 3. The van der Waals surface area contributed by atoms with Crippen LogP contribution < -0.4 is 15.6 Å². The fraction of sp³-hybridized carbons (Fsp3) is 0.346. The highest BCUT2D eigenvalue weighted by Crippen LogP contribution is 2.36. The zero-order valence-corrected chi connectivity index (χ0v) is 24.1. The second-order valence-electron chi connectivity index (χ2n) is 10.2. The Hall–Kier alpha value is -3.72. The third-order valence-corrected chi connectivity index (χ3v) is 11.1. The number of rotatable bonds is 9. The van der Waals surface area contributed by atoms with E-state index >= 15 is 0 Å². The summed E-state index contributed by atoms with van der Waals surface area (Å²) in [6.45, 7) is 19.4. The van der Waals surface area contributed by atoms with Gasteiger partial charge in [0.25, 0.3) is 11.8 Å². The van der Waals surface area contributed by atoms with Crippen LogP contribution >= 0.6 is 11.6 Å².